The summed E-state index contributed by atoms with van der Waals surface area (Å²) in [5.74, 6) is 0. The number of aryl methyl sites for hydroxylation is 2. The number of thiazole rings is 1. The molecule has 1 aromatic heterocycles. The van der Waals surface area contributed by atoms with Gasteiger partial charge in [0.2, 0.25) is 10.0 Å². The van der Waals surface area contributed by atoms with Gasteiger partial charge in [0.25, 0.3) is 0 Å². The van der Waals surface area contributed by atoms with E-state index >= 15 is 0 Å². The topological polar surface area (TPSA) is 85.1 Å². The number of benzene rings is 1. The van der Waals surface area contributed by atoms with Gasteiger partial charge in [0, 0.05) is 17.6 Å². The highest BCUT2D eigenvalue weighted by Crippen LogP contribution is 2.19. The zero-order valence-electron chi connectivity index (χ0n) is 12.1. The molecule has 0 fully saturated rings. The Morgan fingerprint density at radius 3 is 2.71 bits per heavy atom. The SMILES string of the molecule is CCc1ccc(CN)cc1S(=O)(=O)NCc1nc(C)cs1. The maximum Gasteiger partial charge on any atom is 0.241 e. The van der Waals surface area contributed by atoms with Crippen LogP contribution in [0.4, 0.5) is 0 Å². The molecule has 5 nitrogen and oxygen atoms in total. The fraction of sp³-hybridized carbons (Fsp3) is 0.357. The van der Waals surface area contributed by atoms with E-state index in [1.165, 1.54) is 11.3 Å². The van der Waals surface area contributed by atoms with E-state index in [1.54, 1.807) is 6.07 Å². The molecule has 1 aromatic carbocycles. The van der Waals surface area contributed by atoms with Gasteiger partial charge in [-0.05, 0) is 30.5 Å². The Bertz CT molecular complexity index is 724. The lowest BCUT2D eigenvalue weighted by atomic mass is 10.1. The zero-order chi connectivity index (χ0) is 15.5. The molecule has 7 heteroatoms. The van der Waals surface area contributed by atoms with Crippen LogP contribution in [0.25, 0.3) is 0 Å². The van der Waals surface area contributed by atoms with E-state index in [0.717, 1.165) is 21.8 Å². The lowest BCUT2D eigenvalue weighted by Gasteiger charge is -2.11. The molecule has 0 saturated heterocycles. The van der Waals surface area contributed by atoms with Gasteiger partial charge in [0.1, 0.15) is 5.01 Å². The molecule has 3 N–H and O–H groups in total. The molecule has 0 amide bonds. The highest BCUT2D eigenvalue weighted by atomic mass is 32.2. The van der Waals surface area contributed by atoms with Crippen molar-refractivity contribution < 1.29 is 8.42 Å². The summed E-state index contributed by atoms with van der Waals surface area (Å²) in [4.78, 5) is 4.56. The van der Waals surface area contributed by atoms with Gasteiger partial charge in [0.05, 0.1) is 11.4 Å². The maximum atomic E-state index is 12.5. The third-order valence-electron chi connectivity index (χ3n) is 3.12. The molecule has 0 saturated carbocycles. The van der Waals surface area contributed by atoms with Crippen molar-refractivity contribution in [1.29, 1.82) is 0 Å². The molecule has 0 radical (unpaired) electrons. The molecular weight excluding hydrogens is 306 g/mol. The number of nitrogens with zero attached hydrogens (tertiary/aromatic N) is 1. The van der Waals surface area contributed by atoms with Crippen LogP contribution < -0.4 is 10.5 Å². The molecule has 114 valence electrons. The van der Waals surface area contributed by atoms with Crippen LogP contribution in [0.1, 0.15) is 28.8 Å². The van der Waals surface area contributed by atoms with E-state index in [4.69, 9.17) is 5.73 Å². The number of sulfonamides is 1. The fourth-order valence-electron chi connectivity index (χ4n) is 1.99. The van der Waals surface area contributed by atoms with Gasteiger partial charge in [-0.2, -0.15) is 0 Å². The smallest absolute Gasteiger partial charge is 0.241 e. The first-order valence-corrected chi connectivity index (χ1v) is 9.05. The number of aromatic nitrogens is 1. The normalized spacial score (nSPS) is 11.8. The van der Waals surface area contributed by atoms with Crippen molar-refractivity contribution in [2.75, 3.05) is 0 Å². The van der Waals surface area contributed by atoms with Gasteiger partial charge in [-0.3, -0.25) is 0 Å². The molecule has 0 unspecified atom stereocenters. The van der Waals surface area contributed by atoms with Gasteiger partial charge in [-0.25, -0.2) is 18.1 Å². The summed E-state index contributed by atoms with van der Waals surface area (Å²) in [6.45, 7) is 4.34. The Morgan fingerprint density at radius 2 is 2.14 bits per heavy atom. The van der Waals surface area contributed by atoms with Gasteiger partial charge >= 0.3 is 0 Å². The van der Waals surface area contributed by atoms with Gasteiger partial charge < -0.3 is 5.73 Å². The average molecular weight is 325 g/mol. The summed E-state index contributed by atoms with van der Waals surface area (Å²) in [6, 6.07) is 5.33. The minimum Gasteiger partial charge on any atom is -0.326 e. The molecule has 1 heterocycles. The van der Waals surface area contributed by atoms with Crippen molar-refractivity contribution in [1.82, 2.24) is 9.71 Å². The number of hydrogen-bond acceptors (Lipinski definition) is 5. The first kappa shape index (κ1) is 16.1. The van der Waals surface area contributed by atoms with Crippen LogP contribution in [0, 0.1) is 6.92 Å². The first-order chi connectivity index (χ1) is 9.96. The standard InChI is InChI=1S/C14H19N3O2S2/c1-3-12-5-4-11(7-15)6-13(12)21(18,19)16-8-14-17-10(2)9-20-14/h4-6,9,16H,3,7-8,15H2,1-2H3. The highest BCUT2D eigenvalue weighted by Gasteiger charge is 2.18. The Labute approximate surface area is 129 Å². The third-order valence-corrected chi connectivity index (χ3v) is 5.57. The predicted octanol–water partition coefficient (Wildman–Crippen LogP) is 1.95. The summed E-state index contributed by atoms with van der Waals surface area (Å²) < 4.78 is 27.6. The van der Waals surface area contributed by atoms with E-state index in [0.29, 0.717) is 17.9 Å². The van der Waals surface area contributed by atoms with Crippen LogP contribution in [0.15, 0.2) is 28.5 Å². The molecule has 0 aliphatic rings. The fourth-order valence-corrected chi connectivity index (χ4v) is 4.14. The Balaban J connectivity index is 2.26. The lowest BCUT2D eigenvalue weighted by molar-refractivity contribution is 0.579. The van der Waals surface area contributed by atoms with Crippen LogP contribution in [-0.2, 0) is 29.5 Å². The second-order valence-electron chi connectivity index (χ2n) is 4.71. The summed E-state index contributed by atoms with van der Waals surface area (Å²) in [7, 11) is -3.56. The summed E-state index contributed by atoms with van der Waals surface area (Å²) in [5, 5.41) is 2.65. The molecule has 0 atom stereocenters. The van der Waals surface area contributed by atoms with Crippen molar-refractivity contribution in [3.8, 4) is 0 Å². The highest BCUT2D eigenvalue weighted by molar-refractivity contribution is 7.89. The summed E-state index contributed by atoms with van der Waals surface area (Å²) in [6.07, 6.45) is 0.650. The molecule has 0 aliphatic carbocycles. The largest absolute Gasteiger partial charge is 0.326 e. The number of nitrogens with one attached hydrogen (secondary N) is 1. The van der Waals surface area contributed by atoms with Gasteiger partial charge in [0.15, 0.2) is 0 Å². The average Bonchev–Trinajstić information content (AvgIpc) is 2.90. The van der Waals surface area contributed by atoms with Crippen molar-refractivity contribution in [2.24, 2.45) is 5.73 Å². The van der Waals surface area contributed by atoms with Gasteiger partial charge in [-0.1, -0.05) is 19.1 Å². The Morgan fingerprint density at radius 1 is 1.38 bits per heavy atom. The monoisotopic (exact) mass is 325 g/mol. The number of hydrogen-bond donors (Lipinski definition) is 2. The maximum absolute atomic E-state index is 12.5. The van der Waals surface area contributed by atoms with Crippen LogP contribution in [-0.4, -0.2) is 13.4 Å². The van der Waals surface area contributed by atoms with E-state index in [1.807, 2.05) is 31.4 Å². The van der Waals surface area contributed by atoms with E-state index in [2.05, 4.69) is 9.71 Å². The van der Waals surface area contributed by atoms with Crippen molar-refractivity contribution in [3.05, 3.63) is 45.4 Å². The molecule has 2 aromatic rings. The molecule has 0 spiro atoms. The molecule has 0 bridgehead atoms. The van der Waals surface area contributed by atoms with Crippen LogP contribution >= 0.6 is 11.3 Å². The first-order valence-electron chi connectivity index (χ1n) is 6.68. The van der Waals surface area contributed by atoms with Crippen molar-refractivity contribution in [3.63, 3.8) is 0 Å². The molecule has 2 rings (SSSR count). The van der Waals surface area contributed by atoms with Crippen LogP contribution in [0.5, 0.6) is 0 Å². The quantitative estimate of drug-likeness (QED) is 0.850. The second kappa shape index (κ2) is 6.65. The third kappa shape index (κ3) is 3.88. The number of rotatable bonds is 6. The Hall–Kier alpha value is -1.28. The molecular formula is C14H19N3O2S2. The Kier molecular flexibility index (Phi) is 5.10. The minimum absolute atomic E-state index is 0.205. The van der Waals surface area contributed by atoms with Crippen LogP contribution in [0.2, 0.25) is 0 Å². The van der Waals surface area contributed by atoms with Gasteiger partial charge in [-0.15, -0.1) is 11.3 Å². The molecule has 21 heavy (non-hydrogen) atoms. The molecule has 0 aliphatic heterocycles. The van der Waals surface area contributed by atoms with E-state index in [-0.39, 0.29) is 6.54 Å². The van der Waals surface area contributed by atoms with E-state index in [9.17, 15) is 8.42 Å². The second-order valence-corrected chi connectivity index (χ2v) is 7.38. The van der Waals surface area contributed by atoms with Crippen LogP contribution in [0.3, 0.4) is 0 Å². The summed E-state index contributed by atoms with van der Waals surface area (Å²) in [5.41, 5.74) is 8.09. The minimum atomic E-state index is -3.56. The lowest BCUT2D eigenvalue weighted by Crippen LogP contribution is -2.24. The van der Waals surface area contributed by atoms with Crippen molar-refractivity contribution >= 4 is 21.4 Å². The van der Waals surface area contributed by atoms with E-state index < -0.39 is 10.0 Å². The predicted molar refractivity (Wildman–Crippen MR) is 84.6 cm³/mol. The zero-order valence-corrected chi connectivity index (χ0v) is 13.7. The summed E-state index contributed by atoms with van der Waals surface area (Å²) >= 11 is 1.44. The van der Waals surface area contributed by atoms with Crippen molar-refractivity contribution in [2.45, 2.75) is 38.3 Å². The number of nitrogens with two attached hydrogens (primary N) is 1.